The molecule has 0 bridgehead atoms. The van der Waals surface area contributed by atoms with Crippen LogP contribution < -0.4 is 11.1 Å². The largest absolute Gasteiger partial charge is 0.353 e. The van der Waals surface area contributed by atoms with Crippen LogP contribution in [0, 0.1) is 11.8 Å². The van der Waals surface area contributed by atoms with E-state index in [1.54, 1.807) is 0 Å². The molecule has 2 fully saturated rings. The first kappa shape index (κ1) is 14.8. The second-order valence-corrected chi connectivity index (χ2v) is 6.75. The summed E-state index contributed by atoms with van der Waals surface area (Å²) in [7, 11) is 2.15. The molecule has 1 heterocycles. The molecule has 4 nitrogen and oxygen atoms in total. The second-order valence-electron chi connectivity index (χ2n) is 6.75. The van der Waals surface area contributed by atoms with Gasteiger partial charge in [-0.15, -0.1) is 0 Å². The van der Waals surface area contributed by atoms with Gasteiger partial charge in [0.15, 0.2) is 0 Å². The summed E-state index contributed by atoms with van der Waals surface area (Å²) in [6.45, 7) is 5.52. The van der Waals surface area contributed by atoms with E-state index < -0.39 is 0 Å². The number of nitrogens with one attached hydrogen (secondary N) is 1. The second kappa shape index (κ2) is 6.23. The minimum atomic E-state index is 0.0266. The Balaban J connectivity index is 1.86. The SMILES string of the molecule is CC1CCC(N)C(C(=O)NC2CCN(C)C(C)C2)C1. The third-order valence-electron chi connectivity index (χ3n) is 5.06. The topological polar surface area (TPSA) is 58.4 Å². The minimum Gasteiger partial charge on any atom is -0.353 e. The van der Waals surface area contributed by atoms with Crippen LogP contribution in [0.15, 0.2) is 0 Å². The maximum atomic E-state index is 12.4. The van der Waals surface area contributed by atoms with Crippen molar-refractivity contribution in [1.29, 1.82) is 0 Å². The lowest BCUT2D eigenvalue weighted by molar-refractivity contribution is -0.128. The van der Waals surface area contributed by atoms with E-state index in [-0.39, 0.29) is 17.9 Å². The molecule has 110 valence electrons. The van der Waals surface area contributed by atoms with Crippen molar-refractivity contribution in [2.45, 2.75) is 64.1 Å². The van der Waals surface area contributed by atoms with Crippen molar-refractivity contribution in [2.24, 2.45) is 17.6 Å². The Morgan fingerprint density at radius 2 is 1.95 bits per heavy atom. The molecule has 1 saturated carbocycles. The van der Waals surface area contributed by atoms with Gasteiger partial charge in [-0.05, 0) is 52.0 Å². The number of nitrogens with zero attached hydrogens (tertiary/aromatic N) is 1. The predicted molar refractivity (Wildman–Crippen MR) is 77.7 cm³/mol. The van der Waals surface area contributed by atoms with Gasteiger partial charge < -0.3 is 16.0 Å². The van der Waals surface area contributed by atoms with E-state index in [2.05, 4.69) is 31.1 Å². The highest BCUT2D eigenvalue weighted by atomic mass is 16.2. The molecule has 4 heteroatoms. The van der Waals surface area contributed by atoms with E-state index in [0.717, 1.165) is 38.6 Å². The first-order chi connectivity index (χ1) is 8.97. The van der Waals surface area contributed by atoms with Gasteiger partial charge in [0.2, 0.25) is 5.91 Å². The average Bonchev–Trinajstić information content (AvgIpc) is 2.36. The zero-order chi connectivity index (χ0) is 14.0. The molecule has 3 N–H and O–H groups in total. The van der Waals surface area contributed by atoms with Gasteiger partial charge in [0, 0.05) is 24.7 Å². The Morgan fingerprint density at radius 1 is 1.21 bits per heavy atom. The standard InChI is InChI=1S/C15H29N3O/c1-10-4-5-14(16)13(8-10)15(19)17-12-6-7-18(3)11(2)9-12/h10-14H,4-9,16H2,1-3H3,(H,17,19). The van der Waals surface area contributed by atoms with Crippen molar-refractivity contribution in [3.05, 3.63) is 0 Å². The van der Waals surface area contributed by atoms with Crippen LogP contribution in [0.25, 0.3) is 0 Å². The van der Waals surface area contributed by atoms with Gasteiger partial charge in [0.25, 0.3) is 0 Å². The van der Waals surface area contributed by atoms with Crippen molar-refractivity contribution in [2.75, 3.05) is 13.6 Å². The average molecular weight is 267 g/mol. The normalized spacial score (nSPS) is 40.9. The van der Waals surface area contributed by atoms with Crippen LogP contribution in [0.4, 0.5) is 0 Å². The summed E-state index contributed by atoms with van der Waals surface area (Å²) >= 11 is 0. The highest BCUT2D eigenvalue weighted by Gasteiger charge is 2.33. The van der Waals surface area contributed by atoms with Crippen LogP contribution in [0.3, 0.4) is 0 Å². The molecule has 1 aliphatic heterocycles. The molecule has 1 amide bonds. The van der Waals surface area contributed by atoms with Crippen LogP contribution in [-0.4, -0.2) is 42.5 Å². The van der Waals surface area contributed by atoms with Crippen molar-refractivity contribution in [3.8, 4) is 0 Å². The van der Waals surface area contributed by atoms with Gasteiger partial charge in [-0.3, -0.25) is 4.79 Å². The number of hydrogen-bond donors (Lipinski definition) is 2. The minimum absolute atomic E-state index is 0.0266. The molecule has 0 aromatic heterocycles. The molecule has 5 unspecified atom stereocenters. The molecule has 1 aliphatic carbocycles. The molecule has 2 rings (SSSR count). The van der Waals surface area contributed by atoms with E-state index in [1.165, 1.54) is 0 Å². The number of amides is 1. The number of carbonyl (C=O) groups is 1. The summed E-state index contributed by atoms with van der Waals surface area (Å²) in [5.74, 6) is 0.853. The highest BCUT2D eigenvalue weighted by molar-refractivity contribution is 5.79. The maximum Gasteiger partial charge on any atom is 0.224 e. The summed E-state index contributed by atoms with van der Waals surface area (Å²) in [4.78, 5) is 14.8. The van der Waals surface area contributed by atoms with Gasteiger partial charge in [-0.25, -0.2) is 0 Å². The zero-order valence-corrected chi connectivity index (χ0v) is 12.6. The van der Waals surface area contributed by atoms with Crippen LogP contribution >= 0.6 is 0 Å². The molecular formula is C15H29N3O. The number of carbonyl (C=O) groups excluding carboxylic acids is 1. The van der Waals surface area contributed by atoms with Gasteiger partial charge in [-0.2, -0.15) is 0 Å². The third-order valence-corrected chi connectivity index (χ3v) is 5.06. The number of rotatable bonds is 2. The Morgan fingerprint density at radius 3 is 2.63 bits per heavy atom. The van der Waals surface area contributed by atoms with Crippen molar-refractivity contribution in [1.82, 2.24) is 10.2 Å². The summed E-state index contributed by atoms with van der Waals surface area (Å²) < 4.78 is 0. The lowest BCUT2D eigenvalue weighted by Gasteiger charge is -2.37. The highest BCUT2D eigenvalue weighted by Crippen LogP contribution is 2.28. The van der Waals surface area contributed by atoms with Crippen LogP contribution in [0.5, 0.6) is 0 Å². The number of hydrogen-bond acceptors (Lipinski definition) is 3. The van der Waals surface area contributed by atoms with Gasteiger partial charge >= 0.3 is 0 Å². The van der Waals surface area contributed by atoms with Crippen molar-refractivity contribution < 1.29 is 4.79 Å². The maximum absolute atomic E-state index is 12.4. The van der Waals surface area contributed by atoms with Crippen LogP contribution in [0.1, 0.15) is 46.0 Å². The fraction of sp³-hybridized carbons (Fsp3) is 0.933. The molecular weight excluding hydrogens is 238 g/mol. The van der Waals surface area contributed by atoms with Gasteiger partial charge in [0.05, 0.1) is 5.92 Å². The van der Waals surface area contributed by atoms with Crippen molar-refractivity contribution in [3.63, 3.8) is 0 Å². The Labute approximate surface area is 117 Å². The Bertz CT molecular complexity index is 321. The smallest absolute Gasteiger partial charge is 0.224 e. The summed E-state index contributed by atoms with van der Waals surface area (Å²) in [6.07, 6.45) is 5.22. The lowest BCUT2D eigenvalue weighted by Crippen LogP contribution is -2.52. The molecule has 0 aromatic rings. The zero-order valence-electron chi connectivity index (χ0n) is 12.6. The molecule has 19 heavy (non-hydrogen) atoms. The predicted octanol–water partition coefficient (Wildman–Crippen LogP) is 1.35. The molecule has 0 spiro atoms. The van der Waals surface area contributed by atoms with E-state index >= 15 is 0 Å². The molecule has 2 aliphatic rings. The summed E-state index contributed by atoms with van der Waals surface area (Å²) in [6, 6.07) is 0.945. The lowest BCUT2D eigenvalue weighted by atomic mass is 9.78. The summed E-state index contributed by atoms with van der Waals surface area (Å²) in [5.41, 5.74) is 6.13. The number of likely N-dealkylation sites (tertiary alicyclic amines) is 1. The van der Waals surface area contributed by atoms with E-state index in [1.807, 2.05) is 0 Å². The number of nitrogens with two attached hydrogens (primary N) is 1. The fourth-order valence-electron chi connectivity index (χ4n) is 3.43. The van der Waals surface area contributed by atoms with Crippen molar-refractivity contribution >= 4 is 5.91 Å². The third kappa shape index (κ3) is 3.69. The van der Waals surface area contributed by atoms with Crippen LogP contribution in [0.2, 0.25) is 0 Å². The molecule has 5 atom stereocenters. The fourth-order valence-corrected chi connectivity index (χ4v) is 3.43. The number of piperidine rings is 1. The first-order valence-corrected chi connectivity index (χ1v) is 7.73. The van der Waals surface area contributed by atoms with E-state index in [4.69, 9.17) is 5.73 Å². The van der Waals surface area contributed by atoms with E-state index in [9.17, 15) is 4.79 Å². The van der Waals surface area contributed by atoms with Gasteiger partial charge in [-0.1, -0.05) is 6.92 Å². The molecule has 1 saturated heterocycles. The molecule has 0 radical (unpaired) electrons. The first-order valence-electron chi connectivity index (χ1n) is 7.73. The Kier molecular flexibility index (Phi) is 4.85. The summed E-state index contributed by atoms with van der Waals surface area (Å²) in [5, 5.41) is 3.24. The monoisotopic (exact) mass is 267 g/mol. The van der Waals surface area contributed by atoms with E-state index in [0.29, 0.717) is 18.0 Å². The van der Waals surface area contributed by atoms with Gasteiger partial charge in [0.1, 0.15) is 0 Å². The quantitative estimate of drug-likeness (QED) is 0.794. The molecule has 0 aromatic carbocycles. The van der Waals surface area contributed by atoms with Crippen LogP contribution in [-0.2, 0) is 4.79 Å². The Hall–Kier alpha value is -0.610.